The number of hydrogen-bond acceptors (Lipinski definition) is 4. The monoisotopic (exact) mass is 323 g/mol. The van der Waals surface area contributed by atoms with E-state index in [1.54, 1.807) is 0 Å². The van der Waals surface area contributed by atoms with Gasteiger partial charge in [-0.2, -0.15) is 0 Å². The number of carbonyl (C=O) groups is 3. The number of amides is 5. The van der Waals surface area contributed by atoms with E-state index < -0.39 is 0 Å². The summed E-state index contributed by atoms with van der Waals surface area (Å²) in [6.07, 6.45) is 1.78. The van der Waals surface area contributed by atoms with E-state index in [0.717, 1.165) is 45.6 Å². The summed E-state index contributed by atoms with van der Waals surface area (Å²) in [6, 6.07) is 0.142. The van der Waals surface area contributed by atoms with Crippen molar-refractivity contribution in [2.24, 2.45) is 0 Å². The molecule has 0 radical (unpaired) electrons. The molecule has 3 fully saturated rings. The van der Waals surface area contributed by atoms with Gasteiger partial charge < -0.3 is 15.1 Å². The molecule has 0 aromatic rings. The average molecular weight is 323 g/mol. The molecular weight excluding hydrogens is 298 g/mol. The number of nitrogens with zero attached hydrogens (tertiary/aromatic N) is 4. The Morgan fingerprint density at radius 2 is 1.87 bits per heavy atom. The molecule has 3 aliphatic rings. The Bertz CT molecular complexity index is 490. The fourth-order valence-corrected chi connectivity index (χ4v) is 3.61. The normalized spacial score (nSPS) is 23.8. The molecule has 0 spiro atoms. The van der Waals surface area contributed by atoms with Crippen LogP contribution in [0.15, 0.2) is 0 Å². The second-order valence-corrected chi connectivity index (χ2v) is 6.34. The molecular formula is C15H25N5O3. The van der Waals surface area contributed by atoms with E-state index in [-0.39, 0.29) is 30.6 Å². The van der Waals surface area contributed by atoms with Crippen molar-refractivity contribution in [1.82, 2.24) is 24.9 Å². The second kappa shape index (κ2) is 6.74. The lowest BCUT2D eigenvalue weighted by Gasteiger charge is -2.36. The van der Waals surface area contributed by atoms with Gasteiger partial charge in [-0.3, -0.25) is 14.6 Å². The van der Waals surface area contributed by atoms with Crippen LogP contribution in [0.3, 0.4) is 0 Å². The Hall–Kier alpha value is -1.83. The summed E-state index contributed by atoms with van der Waals surface area (Å²) in [5, 5.41) is 2.65. The standard InChI is InChI=1S/C15H25N5O3/c1-2-18-9-10-19(15(18)23)12-3-6-17(7-4-12)11-13(21)20-8-5-16-14(20)22/h12H,2-11H2,1H3,(H,16,22). The third-order valence-electron chi connectivity index (χ3n) is 5.02. The lowest BCUT2D eigenvalue weighted by Crippen LogP contribution is -2.49. The highest BCUT2D eigenvalue weighted by Crippen LogP contribution is 2.21. The average Bonchev–Trinajstić information content (AvgIpc) is 3.14. The van der Waals surface area contributed by atoms with Gasteiger partial charge in [0, 0.05) is 51.9 Å². The number of urea groups is 2. The molecule has 8 heteroatoms. The van der Waals surface area contributed by atoms with Gasteiger partial charge in [0.05, 0.1) is 6.54 Å². The van der Waals surface area contributed by atoms with Gasteiger partial charge in [0.2, 0.25) is 5.91 Å². The van der Waals surface area contributed by atoms with Crippen molar-refractivity contribution in [1.29, 1.82) is 0 Å². The van der Waals surface area contributed by atoms with E-state index in [1.807, 2.05) is 16.7 Å². The van der Waals surface area contributed by atoms with E-state index in [9.17, 15) is 14.4 Å². The summed E-state index contributed by atoms with van der Waals surface area (Å²) >= 11 is 0. The van der Waals surface area contributed by atoms with Gasteiger partial charge in [-0.15, -0.1) is 0 Å². The largest absolute Gasteiger partial charge is 0.336 e. The zero-order chi connectivity index (χ0) is 16.4. The van der Waals surface area contributed by atoms with Crippen molar-refractivity contribution >= 4 is 18.0 Å². The maximum Gasteiger partial charge on any atom is 0.324 e. The molecule has 23 heavy (non-hydrogen) atoms. The molecule has 5 amide bonds. The minimum absolute atomic E-state index is 0.132. The molecule has 128 valence electrons. The van der Waals surface area contributed by atoms with E-state index in [1.165, 1.54) is 4.90 Å². The maximum absolute atomic E-state index is 12.2. The number of nitrogens with one attached hydrogen (secondary N) is 1. The summed E-state index contributed by atoms with van der Waals surface area (Å²) in [4.78, 5) is 43.1. The molecule has 0 aromatic carbocycles. The van der Waals surface area contributed by atoms with Crippen LogP contribution in [0.4, 0.5) is 9.59 Å². The van der Waals surface area contributed by atoms with Crippen LogP contribution in [0.25, 0.3) is 0 Å². The summed E-state index contributed by atoms with van der Waals surface area (Å²) < 4.78 is 0. The fraction of sp³-hybridized carbons (Fsp3) is 0.800. The van der Waals surface area contributed by atoms with Gasteiger partial charge in [-0.1, -0.05) is 0 Å². The highest BCUT2D eigenvalue weighted by atomic mass is 16.2. The lowest BCUT2D eigenvalue weighted by molar-refractivity contribution is -0.129. The van der Waals surface area contributed by atoms with E-state index in [4.69, 9.17) is 0 Å². The first-order valence-corrected chi connectivity index (χ1v) is 8.46. The Balaban J connectivity index is 1.46. The first-order valence-electron chi connectivity index (χ1n) is 8.46. The predicted molar refractivity (Wildman–Crippen MR) is 83.9 cm³/mol. The van der Waals surface area contributed by atoms with Gasteiger partial charge in [0.15, 0.2) is 0 Å². The van der Waals surface area contributed by atoms with Gasteiger partial charge in [0.1, 0.15) is 0 Å². The highest BCUT2D eigenvalue weighted by Gasteiger charge is 2.35. The van der Waals surface area contributed by atoms with Crippen molar-refractivity contribution in [2.45, 2.75) is 25.8 Å². The smallest absolute Gasteiger partial charge is 0.324 e. The van der Waals surface area contributed by atoms with Crippen molar-refractivity contribution in [3.05, 3.63) is 0 Å². The van der Waals surface area contributed by atoms with Crippen LogP contribution in [-0.2, 0) is 4.79 Å². The van der Waals surface area contributed by atoms with Crippen LogP contribution in [0, 0.1) is 0 Å². The Labute approximate surface area is 136 Å². The molecule has 0 atom stereocenters. The lowest BCUT2D eigenvalue weighted by atomic mass is 10.0. The predicted octanol–water partition coefficient (Wildman–Crippen LogP) is -0.240. The third-order valence-corrected chi connectivity index (χ3v) is 5.02. The molecule has 1 N–H and O–H groups in total. The van der Waals surface area contributed by atoms with Gasteiger partial charge in [0.25, 0.3) is 0 Å². The minimum Gasteiger partial charge on any atom is -0.336 e. The number of carbonyl (C=O) groups excluding carboxylic acids is 3. The highest BCUT2D eigenvalue weighted by molar-refractivity contribution is 5.96. The molecule has 0 aliphatic carbocycles. The van der Waals surface area contributed by atoms with Crippen molar-refractivity contribution in [3.8, 4) is 0 Å². The van der Waals surface area contributed by atoms with Crippen molar-refractivity contribution < 1.29 is 14.4 Å². The number of rotatable bonds is 4. The van der Waals surface area contributed by atoms with E-state index >= 15 is 0 Å². The van der Waals surface area contributed by atoms with E-state index in [0.29, 0.717) is 13.1 Å². The molecule has 8 nitrogen and oxygen atoms in total. The third kappa shape index (κ3) is 3.26. The van der Waals surface area contributed by atoms with Crippen LogP contribution >= 0.6 is 0 Å². The van der Waals surface area contributed by atoms with Crippen molar-refractivity contribution in [2.75, 3.05) is 52.4 Å². The minimum atomic E-state index is -0.285. The summed E-state index contributed by atoms with van der Waals surface area (Å²) in [6.45, 7) is 7.27. The van der Waals surface area contributed by atoms with Crippen molar-refractivity contribution in [3.63, 3.8) is 0 Å². The molecule has 3 rings (SSSR count). The number of likely N-dealkylation sites (tertiary alicyclic amines) is 1. The first kappa shape index (κ1) is 16.0. The van der Waals surface area contributed by atoms with Gasteiger partial charge in [-0.05, 0) is 19.8 Å². The van der Waals surface area contributed by atoms with Gasteiger partial charge >= 0.3 is 12.1 Å². The Kier molecular flexibility index (Phi) is 4.70. The Morgan fingerprint density at radius 1 is 1.13 bits per heavy atom. The Morgan fingerprint density at radius 3 is 2.43 bits per heavy atom. The topological polar surface area (TPSA) is 76.2 Å². The second-order valence-electron chi connectivity index (χ2n) is 6.34. The van der Waals surface area contributed by atoms with Crippen LogP contribution in [0.5, 0.6) is 0 Å². The van der Waals surface area contributed by atoms with Crippen LogP contribution in [0.1, 0.15) is 19.8 Å². The van der Waals surface area contributed by atoms with Crippen LogP contribution in [0.2, 0.25) is 0 Å². The number of imide groups is 1. The molecule has 0 unspecified atom stereocenters. The van der Waals surface area contributed by atoms with Crippen LogP contribution in [-0.4, -0.2) is 96.0 Å². The SMILES string of the molecule is CCN1CCN(C2CCN(CC(=O)N3CCNC3=O)CC2)C1=O. The summed E-state index contributed by atoms with van der Waals surface area (Å²) in [7, 11) is 0. The maximum atomic E-state index is 12.2. The number of likely N-dealkylation sites (N-methyl/N-ethyl adjacent to an activating group) is 1. The summed E-state index contributed by atoms with van der Waals surface area (Å²) in [5.74, 6) is -0.132. The molecule has 3 saturated heterocycles. The molecule has 0 bridgehead atoms. The zero-order valence-electron chi connectivity index (χ0n) is 13.7. The molecule has 3 heterocycles. The van der Waals surface area contributed by atoms with E-state index in [2.05, 4.69) is 10.2 Å². The quantitative estimate of drug-likeness (QED) is 0.775. The van der Waals surface area contributed by atoms with Crippen LogP contribution < -0.4 is 5.32 Å². The molecule has 0 aromatic heterocycles. The fourth-order valence-electron chi connectivity index (χ4n) is 3.61. The molecule has 0 saturated carbocycles. The summed E-state index contributed by atoms with van der Waals surface area (Å²) in [5.41, 5.74) is 0. The van der Waals surface area contributed by atoms with Gasteiger partial charge in [-0.25, -0.2) is 9.59 Å². The number of hydrogen-bond donors (Lipinski definition) is 1. The first-order chi connectivity index (χ1) is 11.1. The molecule has 3 aliphatic heterocycles. The number of piperidine rings is 1. The zero-order valence-corrected chi connectivity index (χ0v) is 13.7.